The van der Waals surface area contributed by atoms with Gasteiger partial charge in [-0.15, -0.1) is 11.3 Å². The number of allylic oxidation sites excluding steroid dienone is 1. The maximum Gasteiger partial charge on any atom is 0.348 e. The Morgan fingerprint density at radius 3 is 2.32 bits per heavy atom. The van der Waals surface area contributed by atoms with Gasteiger partial charge < -0.3 is 18.9 Å². The molecule has 0 aliphatic rings. The number of rotatable bonds is 13. The smallest absolute Gasteiger partial charge is 0.348 e. The van der Waals surface area contributed by atoms with Crippen LogP contribution in [-0.4, -0.2) is 37.5 Å². The Bertz CT molecular complexity index is 1760. The molecule has 4 rings (SSSR count). The van der Waals surface area contributed by atoms with Crippen LogP contribution in [0.2, 0.25) is 0 Å². The molecule has 0 unspecified atom stereocenters. The zero-order valence-electron chi connectivity index (χ0n) is 25.1. The third kappa shape index (κ3) is 7.33. The van der Waals surface area contributed by atoms with Crippen molar-refractivity contribution >= 4 is 45.9 Å². The van der Waals surface area contributed by atoms with Gasteiger partial charge in [-0.05, 0) is 73.4 Å². The van der Waals surface area contributed by atoms with Gasteiger partial charge in [-0.1, -0.05) is 48.5 Å². The zero-order chi connectivity index (χ0) is 31.6. The maximum absolute atomic E-state index is 13.3. The first-order valence-corrected chi connectivity index (χ1v) is 15.1. The Morgan fingerprint density at radius 2 is 1.59 bits per heavy atom. The third-order valence-corrected chi connectivity index (χ3v) is 8.02. The largest absolute Gasteiger partial charge is 0.490 e. The summed E-state index contributed by atoms with van der Waals surface area (Å²) in [6.07, 6.45) is 1.21. The fourth-order valence-electron chi connectivity index (χ4n) is 4.72. The first-order chi connectivity index (χ1) is 21.3. The molecular weight excluding hydrogens is 578 g/mol. The van der Waals surface area contributed by atoms with E-state index >= 15 is 0 Å². The molecule has 0 N–H and O–H groups in total. The normalized spacial score (nSPS) is 11.1. The quantitative estimate of drug-likeness (QED) is 0.0882. The van der Waals surface area contributed by atoms with Crippen molar-refractivity contribution < 1.29 is 33.3 Å². The van der Waals surface area contributed by atoms with E-state index in [9.17, 15) is 19.6 Å². The average Bonchev–Trinajstić information content (AvgIpc) is 3.35. The van der Waals surface area contributed by atoms with E-state index in [1.54, 1.807) is 39.0 Å². The van der Waals surface area contributed by atoms with Crippen LogP contribution in [0.5, 0.6) is 11.5 Å². The number of esters is 2. The molecule has 0 atom stereocenters. The van der Waals surface area contributed by atoms with Gasteiger partial charge in [0.2, 0.25) is 0 Å². The second kappa shape index (κ2) is 15.0. The summed E-state index contributed by atoms with van der Waals surface area (Å²) < 4.78 is 22.3. The molecule has 9 heteroatoms. The molecule has 0 spiro atoms. The summed E-state index contributed by atoms with van der Waals surface area (Å²) in [6.45, 7) is 7.83. The number of ether oxygens (including phenoxy) is 4. The maximum atomic E-state index is 13.3. The Hall–Kier alpha value is -4.94. The number of thiophene rings is 1. The van der Waals surface area contributed by atoms with Gasteiger partial charge in [-0.3, -0.25) is 4.79 Å². The van der Waals surface area contributed by atoms with E-state index in [0.29, 0.717) is 40.7 Å². The minimum absolute atomic E-state index is 0.115. The molecule has 0 saturated heterocycles. The lowest BCUT2D eigenvalue weighted by molar-refractivity contribution is -0.114. The number of hydrogen-bond donors (Lipinski definition) is 0. The topological polar surface area (TPSA) is 112 Å². The van der Waals surface area contributed by atoms with Crippen LogP contribution in [0.1, 0.15) is 62.4 Å². The van der Waals surface area contributed by atoms with Gasteiger partial charge in [0.05, 0.1) is 31.0 Å². The molecule has 0 bridgehead atoms. The van der Waals surface area contributed by atoms with Gasteiger partial charge >= 0.3 is 11.9 Å². The van der Waals surface area contributed by atoms with E-state index < -0.39 is 17.7 Å². The monoisotopic (exact) mass is 611 g/mol. The average molecular weight is 612 g/mol. The van der Waals surface area contributed by atoms with Gasteiger partial charge in [0.15, 0.2) is 17.3 Å². The molecule has 8 nitrogen and oxygen atoms in total. The first-order valence-electron chi connectivity index (χ1n) is 14.3. The number of fused-ring (bicyclic) bond motifs is 1. The van der Waals surface area contributed by atoms with Gasteiger partial charge in [0.1, 0.15) is 17.6 Å². The Morgan fingerprint density at radius 1 is 0.864 bits per heavy atom. The van der Waals surface area contributed by atoms with Crippen LogP contribution in [0, 0.1) is 18.3 Å². The van der Waals surface area contributed by atoms with Crippen molar-refractivity contribution in [2.45, 2.75) is 40.7 Å². The van der Waals surface area contributed by atoms with E-state index in [4.69, 9.17) is 18.9 Å². The van der Waals surface area contributed by atoms with Gasteiger partial charge in [-0.25, -0.2) is 9.59 Å². The summed E-state index contributed by atoms with van der Waals surface area (Å²) >= 11 is 0.997. The van der Waals surface area contributed by atoms with Crippen molar-refractivity contribution in [2.75, 3.05) is 19.8 Å². The second-order valence-corrected chi connectivity index (χ2v) is 10.7. The number of nitrogens with zero attached hydrogens (tertiary/aromatic N) is 1. The van der Waals surface area contributed by atoms with E-state index in [1.807, 2.05) is 37.3 Å². The van der Waals surface area contributed by atoms with Gasteiger partial charge in [0.25, 0.3) is 0 Å². The zero-order valence-corrected chi connectivity index (χ0v) is 25.9. The molecule has 0 aliphatic heterocycles. The number of hydrogen-bond acceptors (Lipinski definition) is 9. The number of ketones is 1. The first kappa shape index (κ1) is 32.0. The van der Waals surface area contributed by atoms with Crippen molar-refractivity contribution in [3.05, 3.63) is 98.2 Å². The summed E-state index contributed by atoms with van der Waals surface area (Å²) in [7, 11) is 0. The molecule has 3 aromatic carbocycles. The highest BCUT2D eigenvalue weighted by molar-refractivity contribution is 7.14. The van der Waals surface area contributed by atoms with Crippen LogP contribution in [0.15, 0.2) is 66.2 Å². The number of nitriles is 1. The summed E-state index contributed by atoms with van der Waals surface area (Å²) in [6, 6.07) is 21.3. The van der Waals surface area contributed by atoms with Crippen LogP contribution in [0.3, 0.4) is 0 Å². The van der Waals surface area contributed by atoms with Crippen molar-refractivity contribution in [3.8, 4) is 17.6 Å². The molecule has 1 heterocycles. The highest BCUT2D eigenvalue weighted by Crippen LogP contribution is 2.33. The van der Waals surface area contributed by atoms with Crippen LogP contribution >= 0.6 is 11.3 Å². The second-order valence-electron chi connectivity index (χ2n) is 9.63. The van der Waals surface area contributed by atoms with Crippen molar-refractivity contribution in [2.24, 2.45) is 0 Å². The van der Waals surface area contributed by atoms with Crippen LogP contribution in [0.25, 0.3) is 16.8 Å². The Kier molecular flexibility index (Phi) is 10.9. The summed E-state index contributed by atoms with van der Waals surface area (Å²) in [5.41, 5.74) is 2.02. The fourth-order valence-corrected chi connectivity index (χ4v) is 5.90. The van der Waals surface area contributed by atoms with Gasteiger partial charge in [0, 0.05) is 11.3 Å². The van der Waals surface area contributed by atoms with E-state index in [-0.39, 0.29) is 35.6 Å². The van der Waals surface area contributed by atoms with E-state index in [0.717, 1.165) is 27.7 Å². The number of carbonyl (C=O) groups is 3. The molecular formula is C35H33NO7S. The summed E-state index contributed by atoms with van der Waals surface area (Å²) in [5, 5.41) is 12.1. The molecule has 0 aliphatic carbocycles. The van der Waals surface area contributed by atoms with Crippen LogP contribution in [-0.2, 0) is 27.3 Å². The minimum Gasteiger partial charge on any atom is -0.490 e. The molecule has 1 aromatic heterocycles. The standard InChI is InChI=1S/C35H33NO7S/c1-5-40-30-18-23(15-16-29(30)43-21-25-13-10-12-24-11-8-9-14-27(24)25)17-26(20-36)28(37)19-31-32(34(38)41-6-2)22(4)33(44-31)35(39)42-7-3/h8-18H,5-7,19,21H2,1-4H3/b26-17+. The molecule has 226 valence electrons. The Labute approximate surface area is 260 Å². The Balaban J connectivity index is 1.59. The number of benzene rings is 3. The highest BCUT2D eigenvalue weighted by atomic mass is 32.1. The molecule has 0 amide bonds. The predicted molar refractivity (Wildman–Crippen MR) is 169 cm³/mol. The number of Topliss-reactive ketones (excluding diaryl/α,β-unsaturated/α-hetero) is 1. The molecule has 4 aromatic rings. The highest BCUT2D eigenvalue weighted by Gasteiger charge is 2.28. The summed E-state index contributed by atoms with van der Waals surface area (Å²) in [5.74, 6) is -0.724. The van der Waals surface area contributed by atoms with Crippen molar-refractivity contribution in [1.29, 1.82) is 5.26 Å². The molecule has 0 saturated carbocycles. The lowest BCUT2D eigenvalue weighted by Crippen LogP contribution is -2.12. The van der Waals surface area contributed by atoms with E-state index in [2.05, 4.69) is 18.2 Å². The van der Waals surface area contributed by atoms with Crippen LogP contribution < -0.4 is 9.47 Å². The minimum atomic E-state index is -0.637. The van der Waals surface area contributed by atoms with E-state index in [1.165, 1.54) is 6.08 Å². The molecule has 0 fully saturated rings. The van der Waals surface area contributed by atoms with Crippen LogP contribution in [0.4, 0.5) is 0 Å². The van der Waals surface area contributed by atoms with Crippen molar-refractivity contribution in [1.82, 2.24) is 0 Å². The SMILES string of the molecule is CCOC(=O)c1sc(CC(=O)/C(C#N)=C/c2ccc(OCc3cccc4ccccc34)c(OCC)c2)c(C(=O)OCC)c1C. The van der Waals surface area contributed by atoms with Crippen molar-refractivity contribution in [3.63, 3.8) is 0 Å². The lowest BCUT2D eigenvalue weighted by atomic mass is 10.0. The molecule has 0 radical (unpaired) electrons. The number of carbonyl (C=O) groups excluding carboxylic acids is 3. The van der Waals surface area contributed by atoms with Gasteiger partial charge in [-0.2, -0.15) is 5.26 Å². The lowest BCUT2D eigenvalue weighted by Gasteiger charge is -2.14. The third-order valence-electron chi connectivity index (χ3n) is 6.74. The summed E-state index contributed by atoms with van der Waals surface area (Å²) in [4.78, 5) is 39.1. The fraction of sp³-hybridized carbons (Fsp3) is 0.257. The predicted octanol–water partition coefficient (Wildman–Crippen LogP) is 7.26. The molecule has 44 heavy (non-hydrogen) atoms.